The van der Waals surface area contributed by atoms with Crippen LogP contribution in [-0.2, 0) is 15.1 Å². The second kappa shape index (κ2) is 8.61. The number of carbonyl (C=O) groups is 2. The van der Waals surface area contributed by atoms with Crippen molar-refractivity contribution in [3.05, 3.63) is 70.8 Å². The quantitative estimate of drug-likeness (QED) is 0.677. The first kappa shape index (κ1) is 20.2. The Morgan fingerprint density at radius 2 is 1.96 bits per heavy atom. The lowest BCUT2D eigenvalue weighted by molar-refractivity contribution is -0.144. The van der Waals surface area contributed by atoms with Gasteiger partial charge in [-0.25, -0.2) is 0 Å². The summed E-state index contributed by atoms with van der Waals surface area (Å²) in [5, 5.41) is 0.508. The van der Waals surface area contributed by atoms with E-state index in [2.05, 4.69) is 0 Å². The molecule has 0 bridgehead atoms. The van der Waals surface area contributed by atoms with E-state index in [0.29, 0.717) is 23.4 Å². The highest BCUT2D eigenvalue weighted by Crippen LogP contribution is 2.42. The van der Waals surface area contributed by atoms with Crippen molar-refractivity contribution in [1.82, 2.24) is 4.90 Å². The van der Waals surface area contributed by atoms with Gasteiger partial charge in [0.2, 0.25) is 5.91 Å². The van der Waals surface area contributed by atoms with E-state index in [0.717, 1.165) is 24.2 Å². The summed E-state index contributed by atoms with van der Waals surface area (Å²) in [6.07, 6.45) is 5.96. The van der Waals surface area contributed by atoms with E-state index >= 15 is 0 Å². The highest BCUT2D eigenvalue weighted by atomic mass is 35.5. The molecule has 1 saturated carbocycles. The van der Waals surface area contributed by atoms with Crippen LogP contribution >= 0.6 is 11.6 Å². The molecule has 0 radical (unpaired) electrons. The molecule has 0 aromatic heterocycles. The lowest BCUT2D eigenvalue weighted by atomic mass is 9.74. The fourth-order valence-corrected chi connectivity index (χ4v) is 4.13. The van der Waals surface area contributed by atoms with Crippen molar-refractivity contribution >= 4 is 29.4 Å². The van der Waals surface area contributed by atoms with E-state index in [4.69, 9.17) is 16.3 Å². The third kappa shape index (κ3) is 3.83. The van der Waals surface area contributed by atoms with Gasteiger partial charge in [-0.3, -0.25) is 9.59 Å². The number of benzene rings is 2. The smallest absolute Gasteiger partial charge is 0.247 e. The molecule has 2 aromatic rings. The van der Waals surface area contributed by atoms with Crippen molar-refractivity contribution in [3.63, 3.8) is 0 Å². The summed E-state index contributed by atoms with van der Waals surface area (Å²) in [4.78, 5) is 27.6. The summed E-state index contributed by atoms with van der Waals surface area (Å²) in [6, 6.07) is 14.8. The highest BCUT2D eigenvalue weighted by Gasteiger charge is 2.47. The number of halogens is 1. The Morgan fingerprint density at radius 3 is 2.68 bits per heavy atom. The van der Waals surface area contributed by atoms with Crippen LogP contribution in [0.4, 0.5) is 0 Å². The molecule has 5 heteroatoms. The SMILES string of the molecule is COc1cccc(/C=C/C(=O)N(C)[C@@]2(c3ccccc3Cl)CCCCC2=O)c1. The van der Waals surface area contributed by atoms with E-state index in [1.165, 1.54) is 6.08 Å². The monoisotopic (exact) mass is 397 g/mol. The van der Waals surface area contributed by atoms with Crippen molar-refractivity contribution in [2.75, 3.05) is 14.2 Å². The Bertz CT molecular complexity index is 908. The largest absolute Gasteiger partial charge is 0.497 e. The van der Waals surface area contributed by atoms with Gasteiger partial charge in [-0.1, -0.05) is 41.9 Å². The van der Waals surface area contributed by atoms with Crippen LogP contribution in [0.1, 0.15) is 36.8 Å². The zero-order valence-electron chi connectivity index (χ0n) is 16.2. The normalized spacial score (nSPS) is 19.6. The van der Waals surface area contributed by atoms with Gasteiger partial charge < -0.3 is 9.64 Å². The summed E-state index contributed by atoms with van der Waals surface area (Å²) in [6.45, 7) is 0. The Balaban J connectivity index is 1.94. The molecule has 0 aliphatic heterocycles. The molecular formula is C23H24ClNO3. The van der Waals surface area contributed by atoms with Crippen molar-refractivity contribution in [2.45, 2.75) is 31.2 Å². The topological polar surface area (TPSA) is 46.6 Å². The van der Waals surface area contributed by atoms with Crippen LogP contribution in [0.25, 0.3) is 6.08 Å². The average Bonchev–Trinajstić information content (AvgIpc) is 2.72. The zero-order chi connectivity index (χ0) is 20.1. The third-order valence-corrected chi connectivity index (χ3v) is 5.72. The minimum absolute atomic E-state index is 0.0393. The summed E-state index contributed by atoms with van der Waals surface area (Å²) in [5.74, 6) is 0.522. The van der Waals surface area contributed by atoms with Gasteiger partial charge in [0.05, 0.1) is 7.11 Å². The number of ether oxygens (including phenoxy) is 1. The molecule has 3 rings (SSSR count). The molecule has 1 amide bonds. The van der Waals surface area contributed by atoms with Crippen LogP contribution in [0, 0.1) is 0 Å². The van der Waals surface area contributed by atoms with Gasteiger partial charge in [0.25, 0.3) is 0 Å². The van der Waals surface area contributed by atoms with Crippen LogP contribution < -0.4 is 4.74 Å². The van der Waals surface area contributed by atoms with Crippen molar-refractivity contribution < 1.29 is 14.3 Å². The number of methoxy groups -OCH3 is 1. The molecule has 0 N–H and O–H groups in total. The lowest BCUT2D eigenvalue weighted by Gasteiger charge is -2.43. The molecule has 28 heavy (non-hydrogen) atoms. The molecular weight excluding hydrogens is 374 g/mol. The second-order valence-electron chi connectivity index (χ2n) is 6.98. The van der Waals surface area contributed by atoms with E-state index in [-0.39, 0.29) is 11.7 Å². The minimum atomic E-state index is -1.02. The van der Waals surface area contributed by atoms with Gasteiger partial charge >= 0.3 is 0 Å². The van der Waals surface area contributed by atoms with Gasteiger partial charge in [-0.2, -0.15) is 0 Å². The van der Waals surface area contributed by atoms with Crippen LogP contribution in [0.15, 0.2) is 54.6 Å². The number of Topliss-reactive ketones (excluding diaryl/α,β-unsaturated/α-hetero) is 1. The number of ketones is 1. The summed E-state index contributed by atoms with van der Waals surface area (Å²) < 4.78 is 5.22. The van der Waals surface area contributed by atoms with Crippen LogP contribution in [-0.4, -0.2) is 30.7 Å². The van der Waals surface area contributed by atoms with Gasteiger partial charge in [-0.15, -0.1) is 0 Å². The fourth-order valence-electron chi connectivity index (χ4n) is 3.84. The maximum Gasteiger partial charge on any atom is 0.247 e. The number of amides is 1. The molecule has 4 nitrogen and oxygen atoms in total. The minimum Gasteiger partial charge on any atom is -0.497 e. The number of hydrogen-bond acceptors (Lipinski definition) is 3. The number of rotatable bonds is 5. The van der Waals surface area contributed by atoms with Gasteiger partial charge in [-0.05, 0) is 49.1 Å². The molecule has 1 aliphatic carbocycles. The Labute approximate surface area is 170 Å². The van der Waals surface area contributed by atoms with Crippen LogP contribution in [0.5, 0.6) is 5.75 Å². The fraction of sp³-hybridized carbons (Fsp3) is 0.304. The van der Waals surface area contributed by atoms with Crippen molar-refractivity contribution in [2.24, 2.45) is 0 Å². The Kier molecular flexibility index (Phi) is 6.20. The van der Waals surface area contributed by atoms with Gasteiger partial charge in [0.15, 0.2) is 5.78 Å². The maximum atomic E-state index is 13.1. The molecule has 1 aliphatic rings. The predicted molar refractivity (Wildman–Crippen MR) is 111 cm³/mol. The van der Waals surface area contributed by atoms with E-state index in [9.17, 15) is 9.59 Å². The average molecular weight is 398 g/mol. The number of carbonyl (C=O) groups excluding carboxylic acids is 2. The van der Waals surface area contributed by atoms with Crippen LogP contribution in [0.3, 0.4) is 0 Å². The molecule has 0 heterocycles. The summed E-state index contributed by atoms with van der Waals surface area (Å²) in [5.41, 5.74) is 0.529. The summed E-state index contributed by atoms with van der Waals surface area (Å²) >= 11 is 6.45. The first-order chi connectivity index (χ1) is 13.5. The molecule has 0 unspecified atom stereocenters. The molecule has 1 fully saturated rings. The Morgan fingerprint density at radius 1 is 1.18 bits per heavy atom. The first-order valence-corrected chi connectivity index (χ1v) is 9.75. The van der Waals surface area contributed by atoms with E-state index in [1.807, 2.05) is 42.5 Å². The predicted octanol–water partition coefficient (Wildman–Crippen LogP) is 4.86. The number of likely N-dealkylation sites (N-methyl/N-ethyl adjacent to an activating group) is 1. The molecule has 1 atom stereocenters. The number of hydrogen-bond donors (Lipinski definition) is 0. The van der Waals surface area contributed by atoms with E-state index < -0.39 is 5.54 Å². The highest BCUT2D eigenvalue weighted by molar-refractivity contribution is 6.31. The van der Waals surface area contributed by atoms with Crippen molar-refractivity contribution in [3.8, 4) is 5.75 Å². The van der Waals surface area contributed by atoms with E-state index in [1.54, 1.807) is 31.2 Å². The standard InChI is InChI=1S/C23H24ClNO3/c1-25(22(27)14-13-17-8-7-9-18(16-17)28-2)23(15-6-5-12-21(23)26)19-10-3-4-11-20(19)24/h3-4,7-11,13-14,16H,5-6,12,15H2,1-2H3/b14-13+/t23-/m1/s1. The van der Waals surface area contributed by atoms with Crippen LogP contribution in [0.2, 0.25) is 5.02 Å². The van der Waals surface area contributed by atoms with Gasteiger partial charge in [0.1, 0.15) is 11.3 Å². The first-order valence-electron chi connectivity index (χ1n) is 9.37. The molecule has 2 aromatic carbocycles. The lowest BCUT2D eigenvalue weighted by Crippen LogP contribution is -2.53. The second-order valence-corrected chi connectivity index (χ2v) is 7.38. The zero-order valence-corrected chi connectivity index (χ0v) is 16.9. The number of nitrogens with zero attached hydrogens (tertiary/aromatic N) is 1. The molecule has 0 saturated heterocycles. The molecule has 0 spiro atoms. The molecule has 146 valence electrons. The maximum absolute atomic E-state index is 13.1. The third-order valence-electron chi connectivity index (χ3n) is 5.39. The van der Waals surface area contributed by atoms with Crippen molar-refractivity contribution in [1.29, 1.82) is 0 Å². The Hall–Kier alpha value is -2.59. The van der Waals surface area contributed by atoms with Gasteiger partial charge in [0, 0.05) is 30.1 Å². The summed E-state index contributed by atoms with van der Waals surface area (Å²) in [7, 11) is 3.29.